The predicted octanol–water partition coefficient (Wildman–Crippen LogP) is 3.67. The number of benzene rings is 1. The summed E-state index contributed by atoms with van der Waals surface area (Å²) in [4.78, 5) is 33.6. The van der Waals surface area contributed by atoms with Gasteiger partial charge in [0.05, 0.1) is 6.54 Å². The van der Waals surface area contributed by atoms with Crippen LogP contribution >= 0.6 is 11.6 Å². The van der Waals surface area contributed by atoms with E-state index < -0.39 is 6.09 Å². The van der Waals surface area contributed by atoms with E-state index in [0.717, 1.165) is 16.3 Å². The van der Waals surface area contributed by atoms with Crippen molar-refractivity contribution in [2.75, 3.05) is 25.5 Å². The standard InChI is InChI=1S/C20H20ClN5O3/c1-26(19(27)24-12-15-4-2-3-5-17(15)21)8-9-29-20(28)25-18-10-14-6-7-22-11-16(14)13-23-18/h2-7,10-11,13H,8-9,12H2,1H3,(H,24,27)(H,23,25,28). The molecular weight excluding hydrogens is 394 g/mol. The number of fused-ring (bicyclic) bond motifs is 1. The second-order valence-corrected chi connectivity index (χ2v) is 6.63. The average molecular weight is 414 g/mol. The van der Waals surface area contributed by atoms with Crippen LogP contribution in [0, 0.1) is 0 Å². The average Bonchev–Trinajstić information content (AvgIpc) is 2.72. The fraction of sp³-hybridized carbons (Fsp3) is 0.200. The van der Waals surface area contributed by atoms with Gasteiger partial charge in [0, 0.05) is 42.6 Å². The highest BCUT2D eigenvalue weighted by Crippen LogP contribution is 2.15. The van der Waals surface area contributed by atoms with Crippen LogP contribution in [0.15, 0.2) is 55.0 Å². The van der Waals surface area contributed by atoms with Gasteiger partial charge in [-0.2, -0.15) is 0 Å². The molecule has 0 aliphatic carbocycles. The molecule has 2 aromatic heterocycles. The van der Waals surface area contributed by atoms with E-state index in [0.29, 0.717) is 17.4 Å². The quantitative estimate of drug-likeness (QED) is 0.642. The smallest absolute Gasteiger partial charge is 0.412 e. The Morgan fingerprint density at radius 2 is 2.00 bits per heavy atom. The number of hydrogen-bond acceptors (Lipinski definition) is 5. The fourth-order valence-electron chi connectivity index (χ4n) is 2.51. The molecule has 1 aromatic carbocycles. The van der Waals surface area contributed by atoms with Crippen molar-refractivity contribution in [3.05, 3.63) is 65.6 Å². The normalized spacial score (nSPS) is 10.4. The summed E-state index contributed by atoms with van der Waals surface area (Å²) in [7, 11) is 1.61. The van der Waals surface area contributed by atoms with Crippen LogP contribution in [0.1, 0.15) is 5.56 Å². The molecule has 0 bridgehead atoms. The maximum absolute atomic E-state index is 12.1. The number of halogens is 1. The summed E-state index contributed by atoms with van der Waals surface area (Å²) in [5, 5.41) is 7.70. The molecule has 0 spiro atoms. The minimum absolute atomic E-state index is 0.0410. The van der Waals surface area contributed by atoms with Crippen LogP contribution in [-0.4, -0.2) is 47.2 Å². The highest BCUT2D eigenvalue weighted by Gasteiger charge is 2.11. The van der Waals surface area contributed by atoms with Gasteiger partial charge in [0.2, 0.25) is 0 Å². The third-order valence-corrected chi connectivity index (χ3v) is 4.52. The van der Waals surface area contributed by atoms with Gasteiger partial charge in [-0.05, 0) is 29.1 Å². The van der Waals surface area contributed by atoms with Gasteiger partial charge in [-0.1, -0.05) is 29.8 Å². The van der Waals surface area contributed by atoms with Crippen LogP contribution < -0.4 is 10.6 Å². The van der Waals surface area contributed by atoms with E-state index in [9.17, 15) is 9.59 Å². The Kier molecular flexibility index (Phi) is 6.80. The zero-order valence-electron chi connectivity index (χ0n) is 15.8. The Balaban J connectivity index is 1.40. The third kappa shape index (κ3) is 5.79. The molecule has 29 heavy (non-hydrogen) atoms. The number of amides is 3. The summed E-state index contributed by atoms with van der Waals surface area (Å²) in [5.74, 6) is 0.375. The van der Waals surface area contributed by atoms with Gasteiger partial charge in [0.1, 0.15) is 12.4 Å². The summed E-state index contributed by atoms with van der Waals surface area (Å²) in [6.45, 7) is 0.589. The van der Waals surface area contributed by atoms with Crippen LogP contribution in [0.2, 0.25) is 5.02 Å². The van der Waals surface area contributed by atoms with Crippen LogP contribution in [-0.2, 0) is 11.3 Å². The highest BCUT2D eigenvalue weighted by molar-refractivity contribution is 6.31. The minimum Gasteiger partial charge on any atom is -0.447 e. The number of rotatable bonds is 6. The molecule has 3 rings (SSSR count). The maximum Gasteiger partial charge on any atom is 0.412 e. The van der Waals surface area contributed by atoms with Gasteiger partial charge in [-0.3, -0.25) is 10.3 Å². The molecule has 150 valence electrons. The topological polar surface area (TPSA) is 96.4 Å². The van der Waals surface area contributed by atoms with Crippen LogP contribution in [0.4, 0.5) is 15.4 Å². The molecule has 0 unspecified atom stereocenters. The molecule has 8 nitrogen and oxygen atoms in total. The lowest BCUT2D eigenvalue weighted by atomic mass is 10.2. The van der Waals surface area contributed by atoms with E-state index in [4.69, 9.17) is 16.3 Å². The van der Waals surface area contributed by atoms with Gasteiger partial charge in [-0.25, -0.2) is 14.6 Å². The largest absolute Gasteiger partial charge is 0.447 e. The second kappa shape index (κ2) is 9.70. The number of carbonyl (C=O) groups is 2. The molecule has 0 saturated carbocycles. The number of anilines is 1. The summed E-state index contributed by atoms with van der Waals surface area (Å²) in [5.41, 5.74) is 0.824. The van der Waals surface area contributed by atoms with Crippen molar-refractivity contribution in [1.29, 1.82) is 0 Å². The monoisotopic (exact) mass is 413 g/mol. The number of nitrogens with zero attached hydrogens (tertiary/aromatic N) is 3. The second-order valence-electron chi connectivity index (χ2n) is 6.22. The first-order chi connectivity index (χ1) is 14.0. The third-order valence-electron chi connectivity index (χ3n) is 4.15. The van der Waals surface area contributed by atoms with E-state index in [-0.39, 0.29) is 19.2 Å². The lowest BCUT2D eigenvalue weighted by Gasteiger charge is -2.18. The van der Waals surface area contributed by atoms with Crippen molar-refractivity contribution in [3.8, 4) is 0 Å². The molecule has 3 amide bonds. The van der Waals surface area contributed by atoms with Gasteiger partial charge in [0.25, 0.3) is 0 Å². The van der Waals surface area contributed by atoms with Crippen LogP contribution in [0.3, 0.4) is 0 Å². The maximum atomic E-state index is 12.1. The molecular formula is C20H20ClN5O3. The molecule has 0 fully saturated rings. The zero-order chi connectivity index (χ0) is 20.6. The molecule has 0 aliphatic rings. The molecule has 0 saturated heterocycles. The van der Waals surface area contributed by atoms with E-state index in [1.165, 1.54) is 4.90 Å². The van der Waals surface area contributed by atoms with E-state index in [1.807, 2.05) is 24.3 Å². The van der Waals surface area contributed by atoms with Gasteiger partial charge < -0.3 is 15.0 Å². The van der Waals surface area contributed by atoms with Gasteiger partial charge in [-0.15, -0.1) is 0 Å². The minimum atomic E-state index is -0.643. The van der Waals surface area contributed by atoms with Crippen molar-refractivity contribution in [2.24, 2.45) is 0 Å². The van der Waals surface area contributed by atoms with Crippen LogP contribution in [0.5, 0.6) is 0 Å². The molecule has 3 aromatic rings. The zero-order valence-corrected chi connectivity index (χ0v) is 16.5. The Labute approximate surface area is 172 Å². The Morgan fingerprint density at radius 1 is 1.17 bits per heavy atom. The first-order valence-electron chi connectivity index (χ1n) is 8.89. The number of urea groups is 1. The Morgan fingerprint density at radius 3 is 2.83 bits per heavy atom. The number of nitrogens with one attached hydrogen (secondary N) is 2. The molecule has 9 heteroatoms. The highest BCUT2D eigenvalue weighted by atomic mass is 35.5. The number of carbonyl (C=O) groups excluding carboxylic acids is 2. The van der Waals surface area contributed by atoms with E-state index >= 15 is 0 Å². The summed E-state index contributed by atoms with van der Waals surface area (Å²) >= 11 is 6.07. The summed E-state index contributed by atoms with van der Waals surface area (Å²) < 4.78 is 5.12. The number of aromatic nitrogens is 2. The van der Waals surface area contributed by atoms with Gasteiger partial charge >= 0.3 is 12.1 Å². The summed E-state index contributed by atoms with van der Waals surface area (Å²) in [6, 6.07) is 10.5. The number of pyridine rings is 2. The predicted molar refractivity (Wildman–Crippen MR) is 111 cm³/mol. The Hall–Kier alpha value is -3.39. The van der Waals surface area contributed by atoms with Crippen molar-refractivity contribution < 1.29 is 14.3 Å². The molecule has 0 aliphatic heterocycles. The fourth-order valence-corrected chi connectivity index (χ4v) is 2.72. The van der Waals surface area contributed by atoms with Crippen LogP contribution in [0.25, 0.3) is 10.8 Å². The Bertz CT molecular complexity index is 1010. The van der Waals surface area contributed by atoms with Crippen molar-refractivity contribution in [3.63, 3.8) is 0 Å². The molecule has 0 radical (unpaired) electrons. The summed E-state index contributed by atoms with van der Waals surface area (Å²) in [6.07, 6.45) is 4.33. The molecule has 2 N–H and O–H groups in total. The van der Waals surface area contributed by atoms with Crippen molar-refractivity contribution in [1.82, 2.24) is 20.2 Å². The number of hydrogen-bond donors (Lipinski definition) is 2. The van der Waals surface area contributed by atoms with Crippen molar-refractivity contribution in [2.45, 2.75) is 6.54 Å². The van der Waals surface area contributed by atoms with E-state index in [1.54, 1.807) is 37.8 Å². The first kappa shape index (κ1) is 20.3. The van der Waals surface area contributed by atoms with E-state index in [2.05, 4.69) is 20.6 Å². The number of likely N-dealkylation sites (N-methyl/N-ethyl adjacent to an activating group) is 1. The SMILES string of the molecule is CN(CCOC(=O)Nc1cc2ccncc2cn1)C(=O)NCc1ccccc1Cl. The van der Waals surface area contributed by atoms with Crippen molar-refractivity contribution >= 4 is 40.3 Å². The van der Waals surface area contributed by atoms with Gasteiger partial charge in [0.15, 0.2) is 0 Å². The lowest BCUT2D eigenvalue weighted by molar-refractivity contribution is 0.146. The molecule has 2 heterocycles. The number of ether oxygens (including phenoxy) is 1. The first-order valence-corrected chi connectivity index (χ1v) is 9.26. The lowest BCUT2D eigenvalue weighted by Crippen LogP contribution is -2.39. The molecule has 0 atom stereocenters.